The van der Waals surface area contributed by atoms with Crippen LogP contribution in [-0.2, 0) is 4.79 Å². The first-order valence-corrected chi connectivity index (χ1v) is 3.99. The van der Waals surface area contributed by atoms with E-state index < -0.39 is 11.9 Å². The van der Waals surface area contributed by atoms with Gasteiger partial charge in [-0.25, -0.2) is 0 Å². The van der Waals surface area contributed by atoms with Crippen molar-refractivity contribution in [3.05, 3.63) is 24.8 Å². The Hall–Kier alpha value is -1.05. The molecule has 0 saturated heterocycles. The maximum Gasteiger partial charge on any atom is 0.310 e. The first kappa shape index (κ1) is 11.0. The van der Waals surface area contributed by atoms with E-state index in [1.54, 1.807) is 13.0 Å². The quantitative estimate of drug-likeness (QED) is 0.640. The summed E-state index contributed by atoms with van der Waals surface area (Å²) >= 11 is 0. The summed E-state index contributed by atoms with van der Waals surface area (Å²) in [4.78, 5) is 10.7. The molecule has 0 rings (SSSR count). The van der Waals surface area contributed by atoms with Crippen LogP contribution in [0.1, 0.15) is 20.3 Å². The van der Waals surface area contributed by atoms with Crippen molar-refractivity contribution in [1.82, 2.24) is 0 Å². The lowest BCUT2D eigenvalue weighted by Crippen LogP contribution is -2.16. The minimum Gasteiger partial charge on any atom is -0.481 e. The van der Waals surface area contributed by atoms with Gasteiger partial charge in [0.05, 0.1) is 5.92 Å². The molecule has 0 bridgehead atoms. The first-order valence-electron chi connectivity index (χ1n) is 3.99. The highest BCUT2D eigenvalue weighted by atomic mass is 16.4. The summed E-state index contributed by atoms with van der Waals surface area (Å²) in [6.45, 7) is 11.0. The van der Waals surface area contributed by atoms with Gasteiger partial charge in [0.25, 0.3) is 0 Å². The van der Waals surface area contributed by atoms with Crippen molar-refractivity contribution < 1.29 is 9.90 Å². The Morgan fingerprint density at radius 1 is 1.67 bits per heavy atom. The van der Waals surface area contributed by atoms with E-state index in [1.807, 2.05) is 6.92 Å². The Morgan fingerprint density at radius 3 is 2.42 bits per heavy atom. The van der Waals surface area contributed by atoms with Crippen LogP contribution in [0, 0.1) is 11.8 Å². The van der Waals surface area contributed by atoms with E-state index in [4.69, 9.17) is 5.11 Å². The van der Waals surface area contributed by atoms with Gasteiger partial charge in [-0.3, -0.25) is 4.79 Å². The highest BCUT2D eigenvalue weighted by Gasteiger charge is 2.19. The van der Waals surface area contributed by atoms with Crippen molar-refractivity contribution in [2.75, 3.05) is 0 Å². The molecule has 0 aliphatic rings. The van der Waals surface area contributed by atoms with Gasteiger partial charge in [-0.05, 0) is 19.3 Å². The van der Waals surface area contributed by atoms with Gasteiger partial charge < -0.3 is 5.11 Å². The minimum absolute atomic E-state index is 0.225. The molecule has 0 aromatic heterocycles. The number of carboxylic acids is 1. The van der Waals surface area contributed by atoms with E-state index >= 15 is 0 Å². The number of hydrogen-bond donors (Lipinski definition) is 1. The number of aliphatic carboxylic acids is 1. The molecule has 0 aliphatic carbocycles. The van der Waals surface area contributed by atoms with E-state index in [2.05, 4.69) is 13.2 Å². The Balaban J connectivity index is 4.23. The van der Waals surface area contributed by atoms with Gasteiger partial charge in [0.15, 0.2) is 0 Å². The predicted molar refractivity (Wildman–Crippen MR) is 49.9 cm³/mol. The lowest BCUT2D eigenvalue weighted by molar-refractivity contribution is -0.140. The molecule has 0 heterocycles. The molecular formula is C10H16O2. The van der Waals surface area contributed by atoms with Crippen LogP contribution in [0.2, 0.25) is 0 Å². The van der Waals surface area contributed by atoms with Crippen LogP contribution < -0.4 is 0 Å². The molecule has 2 heteroatoms. The summed E-state index contributed by atoms with van der Waals surface area (Å²) in [6, 6.07) is 0. The third-order valence-electron chi connectivity index (χ3n) is 1.90. The lowest BCUT2D eigenvalue weighted by Gasteiger charge is -2.14. The Labute approximate surface area is 73.6 Å². The van der Waals surface area contributed by atoms with E-state index in [9.17, 15) is 4.79 Å². The fraction of sp³-hybridized carbons (Fsp3) is 0.500. The van der Waals surface area contributed by atoms with Gasteiger partial charge in [-0.2, -0.15) is 0 Å². The summed E-state index contributed by atoms with van der Waals surface area (Å²) < 4.78 is 0. The second kappa shape index (κ2) is 4.75. The second-order valence-electron chi connectivity index (χ2n) is 3.19. The largest absolute Gasteiger partial charge is 0.481 e. The molecule has 0 fully saturated rings. The highest BCUT2D eigenvalue weighted by Crippen LogP contribution is 2.19. The fourth-order valence-corrected chi connectivity index (χ4v) is 0.981. The number of hydrogen-bond acceptors (Lipinski definition) is 1. The normalized spacial score (nSPS) is 14.8. The summed E-state index contributed by atoms with van der Waals surface area (Å²) in [6.07, 6.45) is 2.35. The van der Waals surface area contributed by atoms with Gasteiger partial charge in [0.1, 0.15) is 0 Å². The maximum atomic E-state index is 10.7. The molecule has 0 radical (unpaired) electrons. The van der Waals surface area contributed by atoms with Gasteiger partial charge in [-0.15, -0.1) is 6.58 Å². The van der Waals surface area contributed by atoms with Gasteiger partial charge in [0.2, 0.25) is 0 Å². The maximum absolute atomic E-state index is 10.7. The van der Waals surface area contributed by atoms with E-state index in [1.165, 1.54) is 0 Å². The molecule has 2 nitrogen and oxygen atoms in total. The molecule has 12 heavy (non-hydrogen) atoms. The lowest BCUT2D eigenvalue weighted by atomic mass is 9.91. The highest BCUT2D eigenvalue weighted by molar-refractivity contribution is 5.73. The van der Waals surface area contributed by atoms with Crippen molar-refractivity contribution >= 4 is 5.97 Å². The molecule has 1 N–H and O–H groups in total. The van der Waals surface area contributed by atoms with E-state index in [0.29, 0.717) is 12.0 Å². The third kappa shape index (κ3) is 3.37. The average Bonchev–Trinajstić information content (AvgIpc) is 1.98. The molecule has 68 valence electrons. The standard InChI is InChI=1S/C10H16O2/c1-5-8(4)6-9(7(2)3)10(11)12/h5,8-9H,1-2,6H2,3-4H3,(H,11,12). The summed E-state index contributed by atoms with van der Waals surface area (Å²) in [5.74, 6) is -1.00. The van der Waals surface area contributed by atoms with Crippen LogP contribution in [-0.4, -0.2) is 11.1 Å². The smallest absolute Gasteiger partial charge is 0.310 e. The van der Waals surface area contributed by atoms with Crippen molar-refractivity contribution in [2.24, 2.45) is 11.8 Å². The molecule has 2 atom stereocenters. The third-order valence-corrected chi connectivity index (χ3v) is 1.90. The van der Waals surface area contributed by atoms with Crippen LogP contribution in [0.4, 0.5) is 0 Å². The zero-order chi connectivity index (χ0) is 9.72. The fourth-order valence-electron chi connectivity index (χ4n) is 0.981. The van der Waals surface area contributed by atoms with Gasteiger partial charge in [0, 0.05) is 0 Å². The Morgan fingerprint density at radius 2 is 2.17 bits per heavy atom. The van der Waals surface area contributed by atoms with Crippen LogP contribution in [0.15, 0.2) is 24.8 Å². The summed E-state index contributed by atoms with van der Waals surface area (Å²) in [7, 11) is 0. The van der Waals surface area contributed by atoms with E-state index in [-0.39, 0.29) is 5.92 Å². The van der Waals surface area contributed by atoms with Crippen molar-refractivity contribution in [2.45, 2.75) is 20.3 Å². The number of carbonyl (C=O) groups is 1. The predicted octanol–water partition coefficient (Wildman–Crippen LogP) is 2.48. The average molecular weight is 168 g/mol. The zero-order valence-electron chi connectivity index (χ0n) is 7.71. The minimum atomic E-state index is -0.795. The molecule has 0 spiro atoms. The molecule has 0 aromatic rings. The van der Waals surface area contributed by atoms with E-state index in [0.717, 1.165) is 0 Å². The van der Waals surface area contributed by atoms with Crippen molar-refractivity contribution in [3.8, 4) is 0 Å². The van der Waals surface area contributed by atoms with Crippen molar-refractivity contribution in [3.63, 3.8) is 0 Å². The monoisotopic (exact) mass is 168 g/mol. The molecule has 2 unspecified atom stereocenters. The summed E-state index contributed by atoms with van der Waals surface area (Å²) in [5, 5.41) is 8.79. The van der Waals surface area contributed by atoms with Gasteiger partial charge in [-0.1, -0.05) is 25.2 Å². The van der Waals surface area contributed by atoms with Crippen LogP contribution >= 0.6 is 0 Å². The number of allylic oxidation sites excluding steroid dienone is 1. The zero-order valence-corrected chi connectivity index (χ0v) is 7.71. The number of rotatable bonds is 5. The Bertz CT molecular complexity index is 180. The number of carboxylic acid groups (broad SMARTS) is 1. The molecule has 0 aliphatic heterocycles. The van der Waals surface area contributed by atoms with Gasteiger partial charge >= 0.3 is 5.97 Å². The van der Waals surface area contributed by atoms with Crippen LogP contribution in [0.25, 0.3) is 0 Å². The SMILES string of the molecule is C=CC(C)CC(C(=C)C)C(=O)O. The topological polar surface area (TPSA) is 37.3 Å². The Kier molecular flexibility index (Phi) is 4.34. The summed E-state index contributed by atoms with van der Waals surface area (Å²) in [5.41, 5.74) is 0.705. The molecule has 0 amide bonds. The first-order chi connectivity index (χ1) is 5.49. The van der Waals surface area contributed by atoms with Crippen LogP contribution in [0.3, 0.4) is 0 Å². The van der Waals surface area contributed by atoms with Crippen LogP contribution in [0.5, 0.6) is 0 Å². The van der Waals surface area contributed by atoms with Crippen molar-refractivity contribution in [1.29, 1.82) is 0 Å². The molecule has 0 aromatic carbocycles. The molecule has 0 saturated carbocycles. The molecular weight excluding hydrogens is 152 g/mol. The second-order valence-corrected chi connectivity index (χ2v) is 3.19.